The number of amides is 1. The molecule has 1 aliphatic rings. The minimum atomic E-state index is 0.172. The molecule has 0 bridgehead atoms. The van der Waals surface area contributed by atoms with Crippen LogP contribution in [0.1, 0.15) is 39.5 Å². The van der Waals surface area contributed by atoms with Gasteiger partial charge >= 0.3 is 0 Å². The van der Waals surface area contributed by atoms with Crippen LogP contribution in [0.25, 0.3) is 0 Å². The predicted octanol–water partition coefficient (Wildman–Crippen LogP) is 1.30. The largest absolute Gasteiger partial charge is 0.340 e. The number of nitrogens with zero attached hydrogens (tertiary/aromatic N) is 2. The van der Waals surface area contributed by atoms with Crippen molar-refractivity contribution in [3.8, 4) is 0 Å². The first kappa shape index (κ1) is 14.2. The molecule has 0 atom stereocenters. The summed E-state index contributed by atoms with van der Waals surface area (Å²) >= 11 is 0. The van der Waals surface area contributed by atoms with Crippen molar-refractivity contribution in [1.82, 2.24) is 9.80 Å². The molecule has 0 N–H and O–H groups in total. The van der Waals surface area contributed by atoms with E-state index in [9.17, 15) is 9.59 Å². The SMILES string of the molecule is CCCN1CCN(C(=O)CCCC(C)=O)CC1. The average Bonchev–Trinajstić information content (AvgIpc) is 2.30. The van der Waals surface area contributed by atoms with E-state index in [-0.39, 0.29) is 11.7 Å². The molecule has 0 aliphatic carbocycles. The maximum absolute atomic E-state index is 11.8. The molecule has 4 nitrogen and oxygen atoms in total. The summed E-state index contributed by atoms with van der Waals surface area (Å²) in [6, 6.07) is 0. The molecular formula is C13H24N2O2. The van der Waals surface area contributed by atoms with Crippen molar-refractivity contribution in [2.75, 3.05) is 32.7 Å². The van der Waals surface area contributed by atoms with Gasteiger partial charge in [0.2, 0.25) is 5.91 Å². The van der Waals surface area contributed by atoms with Gasteiger partial charge in [-0.1, -0.05) is 6.92 Å². The van der Waals surface area contributed by atoms with Gasteiger partial charge in [0.25, 0.3) is 0 Å². The van der Waals surface area contributed by atoms with Gasteiger partial charge in [-0.05, 0) is 26.3 Å². The highest BCUT2D eigenvalue weighted by Crippen LogP contribution is 2.07. The molecule has 1 amide bonds. The van der Waals surface area contributed by atoms with Gasteiger partial charge in [-0.3, -0.25) is 9.69 Å². The van der Waals surface area contributed by atoms with Crippen molar-refractivity contribution < 1.29 is 9.59 Å². The van der Waals surface area contributed by atoms with E-state index in [4.69, 9.17) is 0 Å². The standard InChI is InChI=1S/C13H24N2O2/c1-3-7-14-8-10-15(11-9-14)13(17)6-4-5-12(2)16/h3-11H2,1-2H3. The molecule has 1 saturated heterocycles. The van der Waals surface area contributed by atoms with Crippen molar-refractivity contribution in [2.24, 2.45) is 0 Å². The molecule has 1 rings (SSSR count). The Bertz CT molecular complexity index is 258. The van der Waals surface area contributed by atoms with Crippen LogP contribution in [0.4, 0.5) is 0 Å². The topological polar surface area (TPSA) is 40.6 Å². The van der Waals surface area contributed by atoms with Gasteiger partial charge in [0.1, 0.15) is 5.78 Å². The summed E-state index contributed by atoms with van der Waals surface area (Å²) in [6.45, 7) is 8.57. The van der Waals surface area contributed by atoms with E-state index in [1.165, 1.54) is 6.42 Å². The lowest BCUT2D eigenvalue weighted by atomic mass is 10.1. The van der Waals surface area contributed by atoms with Crippen molar-refractivity contribution in [3.63, 3.8) is 0 Å². The van der Waals surface area contributed by atoms with Crippen molar-refractivity contribution in [3.05, 3.63) is 0 Å². The first-order chi connectivity index (χ1) is 8.13. The van der Waals surface area contributed by atoms with Crippen LogP contribution >= 0.6 is 0 Å². The number of carbonyl (C=O) groups excluding carboxylic acids is 2. The van der Waals surface area contributed by atoms with Crippen LogP contribution in [-0.2, 0) is 9.59 Å². The van der Waals surface area contributed by atoms with Crippen molar-refractivity contribution >= 4 is 11.7 Å². The number of ketones is 1. The zero-order valence-electron chi connectivity index (χ0n) is 11.1. The highest BCUT2D eigenvalue weighted by molar-refractivity contribution is 5.78. The van der Waals surface area contributed by atoms with Crippen LogP contribution in [-0.4, -0.2) is 54.2 Å². The van der Waals surface area contributed by atoms with E-state index in [1.54, 1.807) is 6.92 Å². The van der Waals surface area contributed by atoms with Crippen LogP contribution in [0.5, 0.6) is 0 Å². The summed E-state index contributed by atoms with van der Waals surface area (Å²) < 4.78 is 0. The molecule has 0 spiro atoms. The highest BCUT2D eigenvalue weighted by Gasteiger charge is 2.19. The Hall–Kier alpha value is -0.900. The van der Waals surface area contributed by atoms with Crippen LogP contribution in [0.15, 0.2) is 0 Å². The van der Waals surface area contributed by atoms with E-state index in [2.05, 4.69) is 11.8 Å². The molecule has 0 unspecified atom stereocenters. The first-order valence-electron chi connectivity index (χ1n) is 6.63. The first-order valence-corrected chi connectivity index (χ1v) is 6.63. The summed E-state index contributed by atoms with van der Waals surface area (Å²) in [5, 5.41) is 0. The Morgan fingerprint density at radius 2 is 1.71 bits per heavy atom. The molecule has 0 saturated carbocycles. The van der Waals surface area contributed by atoms with Crippen LogP contribution in [0.3, 0.4) is 0 Å². The van der Waals surface area contributed by atoms with E-state index < -0.39 is 0 Å². The maximum Gasteiger partial charge on any atom is 0.222 e. The van der Waals surface area contributed by atoms with Gasteiger partial charge in [0, 0.05) is 39.0 Å². The maximum atomic E-state index is 11.8. The third-order valence-electron chi connectivity index (χ3n) is 3.18. The van der Waals surface area contributed by atoms with Crippen LogP contribution < -0.4 is 0 Å². The second kappa shape index (κ2) is 7.43. The summed E-state index contributed by atoms with van der Waals surface area (Å²) in [4.78, 5) is 27.0. The fraction of sp³-hybridized carbons (Fsp3) is 0.846. The Labute approximate surface area is 104 Å². The van der Waals surface area contributed by atoms with E-state index >= 15 is 0 Å². The van der Waals surface area contributed by atoms with Gasteiger partial charge in [-0.25, -0.2) is 0 Å². The summed E-state index contributed by atoms with van der Waals surface area (Å²) in [5.41, 5.74) is 0. The quantitative estimate of drug-likeness (QED) is 0.702. The summed E-state index contributed by atoms with van der Waals surface area (Å²) in [6.07, 6.45) is 2.92. The molecule has 98 valence electrons. The highest BCUT2D eigenvalue weighted by atomic mass is 16.2. The molecule has 4 heteroatoms. The van der Waals surface area contributed by atoms with Gasteiger partial charge in [-0.2, -0.15) is 0 Å². The lowest BCUT2D eigenvalue weighted by Crippen LogP contribution is -2.48. The zero-order valence-corrected chi connectivity index (χ0v) is 11.1. The molecular weight excluding hydrogens is 216 g/mol. The average molecular weight is 240 g/mol. The number of rotatable bonds is 6. The van der Waals surface area contributed by atoms with Gasteiger partial charge < -0.3 is 9.69 Å². The minimum absolute atomic E-state index is 0.172. The van der Waals surface area contributed by atoms with Crippen LogP contribution in [0.2, 0.25) is 0 Å². The second-order valence-corrected chi connectivity index (χ2v) is 4.78. The molecule has 1 heterocycles. The number of piperazine rings is 1. The summed E-state index contributed by atoms with van der Waals surface area (Å²) in [7, 11) is 0. The number of hydrogen-bond acceptors (Lipinski definition) is 3. The van der Waals surface area contributed by atoms with E-state index in [1.807, 2.05) is 4.90 Å². The van der Waals surface area contributed by atoms with Crippen molar-refractivity contribution in [1.29, 1.82) is 0 Å². The molecule has 0 aromatic carbocycles. The minimum Gasteiger partial charge on any atom is -0.340 e. The Kier molecular flexibility index (Phi) is 6.19. The smallest absolute Gasteiger partial charge is 0.222 e. The van der Waals surface area contributed by atoms with Gasteiger partial charge in [0.15, 0.2) is 0 Å². The third kappa shape index (κ3) is 5.31. The van der Waals surface area contributed by atoms with E-state index in [0.717, 1.165) is 32.7 Å². The predicted molar refractivity (Wildman–Crippen MR) is 67.8 cm³/mol. The van der Waals surface area contributed by atoms with Gasteiger partial charge in [0.05, 0.1) is 0 Å². The second-order valence-electron chi connectivity index (χ2n) is 4.78. The fourth-order valence-electron chi connectivity index (χ4n) is 2.18. The molecule has 0 aromatic heterocycles. The molecule has 1 fully saturated rings. The monoisotopic (exact) mass is 240 g/mol. The normalized spacial score (nSPS) is 17.2. The molecule has 0 aromatic rings. The molecule has 0 radical (unpaired) electrons. The molecule has 17 heavy (non-hydrogen) atoms. The number of Topliss-reactive ketones (excluding diaryl/α,β-unsaturated/α-hetero) is 1. The number of hydrogen-bond donors (Lipinski definition) is 0. The fourth-order valence-corrected chi connectivity index (χ4v) is 2.18. The molecule has 1 aliphatic heterocycles. The lowest BCUT2D eigenvalue weighted by molar-refractivity contribution is -0.133. The van der Waals surface area contributed by atoms with Crippen molar-refractivity contribution in [2.45, 2.75) is 39.5 Å². The Balaban J connectivity index is 2.19. The Morgan fingerprint density at radius 3 is 2.24 bits per heavy atom. The Morgan fingerprint density at radius 1 is 1.06 bits per heavy atom. The van der Waals surface area contributed by atoms with E-state index in [0.29, 0.717) is 19.3 Å². The number of carbonyl (C=O) groups is 2. The van der Waals surface area contributed by atoms with Gasteiger partial charge in [-0.15, -0.1) is 0 Å². The summed E-state index contributed by atoms with van der Waals surface area (Å²) in [5.74, 6) is 0.382. The third-order valence-corrected chi connectivity index (χ3v) is 3.18. The van der Waals surface area contributed by atoms with Crippen LogP contribution in [0, 0.1) is 0 Å². The zero-order chi connectivity index (χ0) is 12.7. The lowest BCUT2D eigenvalue weighted by Gasteiger charge is -2.34.